The van der Waals surface area contributed by atoms with E-state index < -0.39 is 10.1 Å². The Morgan fingerprint density at radius 1 is 0.842 bits per heavy atom. The van der Waals surface area contributed by atoms with Crippen LogP contribution in [-0.4, -0.2) is 18.7 Å². The molecule has 1 atom stereocenters. The first-order valence-corrected chi connectivity index (χ1v) is 9.51. The molecule has 0 rings (SSSR count). The third-order valence-electron chi connectivity index (χ3n) is 3.55. The number of unbranched alkanes of at least 4 members (excludes halogenated alkanes) is 9. The predicted octanol–water partition coefficient (Wildman–Crippen LogP) is 4.82. The lowest BCUT2D eigenvalue weighted by molar-refractivity contribution is 0.454. The van der Waals surface area contributed by atoms with E-state index in [-0.39, 0.29) is 11.7 Å². The Balaban J connectivity index is 3.23. The van der Waals surface area contributed by atoms with Crippen molar-refractivity contribution in [1.29, 1.82) is 0 Å². The van der Waals surface area contributed by atoms with Gasteiger partial charge in [0.15, 0.2) is 0 Å². The third-order valence-corrected chi connectivity index (χ3v) is 4.54. The van der Waals surface area contributed by atoms with Gasteiger partial charge in [-0.25, -0.2) is 0 Å². The van der Waals surface area contributed by atoms with Crippen molar-refractivity contribution in [3.63, 3.8) is 0 Å². The smallest absolute Gasteiger partial charge is 0.265 e. The SMILES string of the molecule is CCCCCCCCCCCCC(C)CS(=O)(=O)O. The Kier molecular flexibility index (Phi) is 11.7. The fraction of sp³-hybridized carbons (Fsp3) is 1.00. The van der Waals surface area contributed by atoms with E-state index in [2.05, 4.69) is 6.92 Å². The summed E-state index contributed by atoms with van der Waals surface area (Å²) >= 11 is 0. The van der Waals surface area contributed by atoms with Crippen LogP contribution in [0.2, 0.25) is 0 Å². The van der Waals surface area contributed by atoms with Gasteiger partial charge in [-0.1, -0.05) is 78.1 Å². The van der Waals surface area contributed by atoms with Crippen LogP contribution in [0.4, 0.5) is 0 Å². The normalized spacial score (nSPS) is 13.6. The first-order valence-electron chi connectivity index (χ1n) is 7.91. The van der Waals surface area contributed by atoms with E-state index in [1.54, 1.807) is 0 Å². The van der Waals surface area contributed by atoms with Crippen LogP contribution in [0.25, 0.3) is 0 Å². The number of rotatable bonds is 13. The minimum Gasteiger partial charge on any atom is -0.286 e. The first-order chi connectivity index (χ1) is 8.95. The van der Waals surface area contributed by atoms with Crippen molar-refractivity contribution < 1.29 is 13.0 Å². The minimum absolute atomic E-state index is 0.0732. The van der Waals surface area contributed by atoms with Crippen LogP contribution in [0.15, 0.2) is 0 Å². The summed E-state index contributed by atoms with van der Waals surface area (Å²) in [6, 6.07) is 0. The molecule has 0 aromatic rings. The van der Waals surface area contributed by atoms with Gasteiger partial charge in [0.05, 0.1) is 5.75 Å². The molecule has 0 saturated heterocycles. The molecule has 19 heavy (non-hydrogen) atoms. The van der Waals surface area contributed by atoms with Gasteiger partial charge in [0.1, 0.15) is 0 Å². The average molecular weight is 292 g/mol. The van der Waals surface area contributed by atoms with Gasteiger partial charge in [0.25, 0.3) is 10.1 Å². The second-order valence-corrected chi connectivity index (χ2v) is 7.32. The van der Waals surface area contributed by atoms with Crippen molar-refractivity contribution in [2.24, 2.45) is 5.92 Å². The van der Waals surface area contributed by atoms with Crippen LogP contribution in [0, 0.1) is 5.92 Å². The Morgan fingerprint density at radius 2 is 1.26 bits per heavy atom. The molecule has 0 spiro atoms. The van der Waals surface area contributed by atoms with E-state index in [9.17, 15) is 8.42 Å². The average Bonchev–Trinajstić information content (AvgIpc) is 2.29. The summed E-state index contributed by atoms with van der Waals surface area (Å²) in [6.07, 6.45) is 13.8. The van der Waals surface area contributed by atoms with Crippen LogP contribution >= 0.6 is 0 Å². The molecule has 0 saturated carbocycles. The van der Waals surface area contributed by atoms with Crippen molar-refractivity contribution in [2.45, 2.75) is 84.5 Å². The maximum Gasteiger partial charge on any atom is 0.265 e. The molecule has 0 heterocycles. The van der Waals surface area contributed by atoms with E-state index in [1.807, 2.05) is 6.92 Å². The molecule has 0 amide bonds. The van der Waals surface area contributed by atoms with Gasteiger partial charge in [0.2, 0.25) is 0 Å². The van der Waals surface area contributed by atoms with Crippen molar-refractivity contribution >= 4 is 10.1 Å². The standard InChI is InChI=1S/C15H32O3S/c1-3-4-5-6-7-8-9-10-11-12-13-15(2)14-19(16,17)18/h15H,3-14H2,1-2H3,(H,16,17,18). The summed E-state index contributed by atoms with van der Waals surface area (Å²) in [4.78, 5) is 0. The highest BCUT2D eigenvalue weighted by Crippen LogP contribution is 2.14. The summed E-state index contributed by atoms with van der Waals surface area (Å²) in [7, 11) is -3.79. The molecular formula is C15H32O3S. The van der Waals surface area contributed by atoms with Crippen LogP contribution in [0.1, 0.15) is 84.5 Å². The van der Waals surface area contributed by atoms with Gasteiger partial charge >= 0.3 is 0 Å². The molecule has 116 valence electrons. The Morgan fingerprint density at radius 3 is 1.68 bits per heavy atom. The van der Waals surface area contributed by atoms with Crippen molar-refractivity contribution in [2.75, 3.05) is 5.75 Å². The fourth-order valence-corrected chi connectivity index (χ4v) is 3.31. The highest BCUT2D eigenvalue weighted by atomic mass is 32.2. The number of hydrogen-bond donors (Lipinski definition) is 1. The van der Waals surface area contributed by atoms with E-state index in [0.29, 0.717) is 0 Å². The van der Waals surface area contributed by atoms with E-state index in [4.69, 9.17) is 4.55 Å². The summed E-state index contributed by atoms with van der Waals surface area (Å²) in [5, 5.41) is 0. The monoisotopic (exact) mass is 292 g/mol. The van der Waals surface area contributed by atoms with Gasteiger partial charge in [-0.3, -0.25) is 4.55 Å². The van der Waals surface area contributed by atoms with Gasteiger partial charge in [-0.05, 0) is 12.3 Å². The molecule has 0 aromatic carbocycles. The molecule has 0 aliphatic rings. The molecule has 0 fully saturated rings. The first kappa shape index (κ1) is 18.9. The predicted molar refractivity (Wildman–Crippen MR) is 82.0 cm³/mol. The van der Waals surface area contributed by atoms with Gasteiger partial charge in [-0.2, -0.15) is 8.42 Å². The lowest BCUT2D eigenvalue weighted by Gasteiger charge is -2.08. The van der Waals surface area contributed by atoms with Gasteiger partial charge in [-0.15, -0.1) is 0 Å². The van der Waals surface area contributed by atoms with E-state index in [0.717, 1.165) is 12.8 Å². The third kappa shape index (κ3) is 15.9. The van der Waals surface area contributed by atoms with Gasteiger partial charge in [0, 0.05) is 0 Å². The van der Waals surface area contributed by atoms with Crippen LogP contribution in [0.5, 0.6) is 0 Å². The maximum absolute atomic E-state index is 10.7. The largest absolute Gasteiger partial charge is 0.286 e. The summed E-state index contributed by atoms with van der Waals surface area (Å²) in [5.74, 6) is -0.0196. The lowest BCUT2D eigenvalue weighted by atomic mass is 10.0. The molecule has 0 aliphatic carbocycles. The molecule has 0 radical (unpaired) electrons. The second-order valence-electron chi connectivity index (χ2n) is 5.82. The van der Waals surface area contributed by atoms with E-state index >= 15 is 0 Å². The number of hydrogen-bond acceptors (Lipinski definition) is 2. The van der Waals surface area contributed by atoms with Crippen LogP contribution < -0.4 is 0 Å². The minimum atomic E-state index is -3.79. The second kappa shape index (κ2) is 11.7. The quantitative estimate of drug-likeness (QED) is 0.391. The highest BCUT2D eigenvalue weighted by Gasteiger charge is 2.11. The van der Waals surface area contributed by atoms with E-state index in [1.165, 1.54) is 57.8 Å². The lowest BCUT2D eigenvalue weighted by Crippen LogP contribution is -2.12. The molecule has 0 aliphatic heterocycles. The zero-order valence-electron chi connectivity index (χ0n) is 12.7. The van der Waals surface area contributed by atoms with Crippen molar-refractivity contribution in [3.05, 3.63) is 0 Å². The molecule has 0 aromatic heterocycles. The molecule has 1 N–H and O–H groups in total. The molecule has 0 bridgehead atoms. The summed E-state index contributed by atoms with van der Waals surface area (Å²) in [5.41, 5.74) is 0. The zero-order valence-corrected chi connectivity index (χ0v) is 13.6. The van der Waals surface area contributed by atoms with Gasteiger partial charge < -0.3 is 0 Å². The van der Waals surface area contributed by atoms with Crippen molar-refractivity contribution in [3.8, 4) is 0 Å². The molecule has 3 nitrogen and oxygen atoms in total. The Bertz CT molecular complexity index is 286. The fourth-order valence-electron chi connectivity index (χ4n) is 2.42. The molecular weight excluding hydrogens is 260 g/mol. The highest BCUT2D eigenvalue weighted by molar-refractivity contribution is 7.85. The Hall–Kier alpha value is -0.0900. The zero-order chi connectivity index (χ0) is 14.6. The topological polar surface area (TPSA) is 54.4 Å². The maximum atomic E-state index is 10.7. The summed E-state index contributed by atoms with van der Waals surface area (Å²) in [6.45, 7) is 4.13. The molecule has 1 unspecified atom stereocenters. The van der Waals surface area contributed by atoms with Crippen molar-refractivity contribution in [1.82, 2.24) is 0 Å². The van der Waals surface area contributed by atoms with Crippen LogP contribution in [-0.2, 0) is 10.1 Å². The Labute approximate surface area is 119 Å². The summed E-state index contributed by atoms with van der Waals surface area (Å²) < 4.78 is 30.1. The molecule has 4 heteroatoms. The van der Waals surface area contributed by atoms with Crippen LogP contribution in [0.3, 0.4) is 0 Å².